The molecule has 1 fully saturated rings. The molecule has 9 nitrogen and oxygen atoms in total. The molecule has 1 aromatic heterocycles. The molecule has 22 heavy (non-hydrogen) atoms. The molecule has 0 unspecified atom stereocenters. The van der Waals surface area contributed by atoms with Gasteiger partial charge in [0.05, 0.1) is 31.4 Å². The standard InChI is InChI=1S/C13H17N3O6/c1-20-13-14-4-8(5-15-13)12(19)16-9-6-21-3-2-10(9)22-7-11(17)18/h4-5,9-10H,2-3,6-7H2,1H3,(H,16,19)(H,17,18)/t9-,10+/m1/s1. The first-order valence-corrected chi connectivity index (χ1v) is 6.68. The van der Waals surface area contributed by atoms with Crippen LogP contribution in [0.25, 0.3) is 0 Å². The van der Waals surface area contributed by atoms with E-state index in [0.29, 0.717) is 13.0 Å². The van der Waals surface area contributed by atoms with Crippen LogP contribution in [0.15, 0.2) is 12.4 Å². The molecule has 2 heterocycles. The maximum atomic E-state index is 12.1. The number of ether oxygens (including phenoxy) is 3. The molecule has 0 bridgehead atoms. The first-order valence-electron chi connectivity index (χ1n) is 6.68. The van der Waals surface area contributed by atoms with Crippen LogP contribution in [-0.2, 0) is 14.3 Å². The number of carboxylic acids is 1. The van der Waals surface area contributed by atoms with Crippen LogP contribution in [0.4, 0.5) is 0 Å². The average molecular weight is 311 g/mol. The lowest BCUT2D eigenvalue weighted by Crippen LogP contribution is -2.51. The molecule has 0 aliphatic carbocycles. The van der Waals surface area contributed by atoms with Gasteiger partial charge in [-0.05, 0) is 6.42 Å². The number of carboxylic acid groups (broad SMARTS) is 1. The number of carbonyl (C=O) groups is 2. The summed E-state index contributed by atoms with van der Waals surface area (Å²) in [4.78, 5) is 30.4. The van der Waals surface area contributed by atoms with E-state index in [2.05, 4.69) is 15.3 Å². The van der Waals surface area contributed by atoms with Crippen molar-refractivity contribution in [3.63, 3.8) is 0 Å². The van der Waals surface area contributed by atoms with Crippen LogP contribution in [-0.4, -0.2) is 66.0 Å². The van der Waals surface area contributed by atoms with Crippen molar-refractivity contribution in [3.05, 3.63) is 18.0 Å². The van der Waals surface area contributed by atoms with Gasteiger partial charge in [-0.1, -0.05) is 0 Å². The molecule has 0 saturated carbocycles. The van der Waals surface area contributed by atoms with Crippen LogP contribution in [0.1, 0.15) is 16.8 Å². The SMILES string of the molecule is COc1ncc(C(=O)N[C@@H]2COCC[C@@H]2OCC(=O)O)cn1. The van der Waals surface area contributed by atoms with Gasteiger partial charge < -0.3 is 24.6 Å². The number of amides is 1. The summed E-state index contributed by atoms with van der Waals surface area (Å²) in [7, 11) is 1.43. The lowest BCUT2D eigenvalue weighted by molar-refractivity contribution is -0.147. The van der Waals surface area contributed by atoms with Crippen molar-refractivity contribution in [2.24, 2.45) is 0 Å². The third kappa shape index (κ3) is 4.37. The fraction of sp³-hybridized carbons (Fsp3) is 0.538. The van der Waals surface area contributed by atoms with Crippen molar-refractivity contribution < 1.29 is 28.9 Å². The van der Waals surface area contributed by atoms with Crippen LogP contribution in [0.3, 0.4) is 0 Å². The number of aromatic nitrogens is 2. The summed E-state index contributed by atoms with van der Waals surface area (Å²) in [5, 5.41) is 11.4. The van der Waals surface area contributed by atoms with Crippen LogP contribution in [0, 0.1) is 0 Å². The van der Waals surface area contributed by atoms with E-state index < -0.39 is 24.7 Å². The topological polar surface area (TPSA) is 120 Å². The van der Waals surface area contributed by atoms with E-state index in [1.165, 1.54) is 19.5 Å². The number of aliphatic carboxylic acids is 1. The fourth-order valence-corrected chi connectivity index (χ4v) is 2.02. The average Bonchev–Trinajstić information content (AvgIpc) is 2.54. The molecule has 1 saturated heterocycles. The van der Waals surface area contributed by atoms with E-state index in [-0.39, 0.29) is 24.1 Å². The normalized spacial score (nSPS) is 21.1. The van der Waals surface area contributed by atoms with Gasteiger partial charge in [0.25, 0.3) is 5.91 Å². The Morgan fingerprint density at radius 3 is 2.82 bits per heavy atom. The van der Waals surface area contributed by atoms with E-state index in [1.54, 1.807) is 0 Å². The Bertz CT molecular complexity index is 521. The molecule has 1 amide bonds. The van der Waals surface area contributed by atoms with E-state index >= 15 is 0 Å². The number of methoxy groups -OCH3 is 1. The Balaban J connectivity index is 1.96. The molecule has 0 radical (unpaired) electrons. The molecule has 2 atom stereocenters. The molecule has 0 aromatic carbocycles. The zero-order chi connectivity index (χ0) is 15.9. The van der Waals surface area contributed by atoms with Gasteiger partial charge in [0.1, 0.15) is 6.61 Å². The predicted octanol–water partition coefficient (Wildman–Crippen LogP) is -0.526. The molecule has 1 aliphatic heterocycles. The third-order valence-electron chi connectivity index (χ3n) is 3.10. The molecule has 2 N–H and O–H groups in total. The van der Waals surface area contributed by atoms with Crippen molar-refractivity contribution in [1.29, 1.82) is 0 Å². The van der Waals surface area contributed by atoms with E-state index in [9.17, 15) is 9.59 Å². The largest absolute Gasteiger partial charge is 0.480 e. The van der Waals surface area contributed by atoms with Crippen molar-refractivity contribution >= 4 is 11.9 Å². The first kappa shape index (κ1) is 16.1. The van der Waals surface area contributed by atoms with Crippen LogP contribution in [0.2, 0.25) is 0 Å². The molecule has 0 spiro atoms. The van der Waals surface area contributed by atoms with E-state index in [0.717, 1.165) is 0 Å². The maximum absolute atomic E-state index is 12.1. The van der Waals surface area contributed by atoms with Crippen molar-refractivity contribution in [2.45, 2.75) is 18.6 Å². The predicted molar refractivity (Wildman–Crippen MR) is 72.7 cm³/mol. The molecule has 9 heteroatoms. The monoisotopic (exact) mass is 311 g/mol. The summed E-state index contributed by atoms with van der Waals surface area (Å²) in [5.41, 5.74) is 0.267. The van der Waals surface area contributed by atoms with Gasteiger partial charge in [0, 0.05) is 19.0 Å². The van der Waals surface area contributed by atoms with Crippen molar-refractivity contribution in [3.8, 4) is 6.01 Å². The Morgan fingerprint density at radius 2 is 2.18 bits per heavy atom. The van der Waals surface area contributed by atoms with Gasteiger partial charge in [0.2, 0.25) is 0 Å². The minimum Gasteiger partial charge on any atom is -0.480 e. The van der Waals surface area contributed by atoms with Gasteiger partial charge in [0.15, 0.2) is 0 Å². The van der Waals surface area contributed by atoms with Gasteiger partial charge >= 0.3 is 12.0 Å². The summed E-state index contributed by atoms with van der Waals surface area (Å²) >= 11 is 0. The summed E-state index contributed by atoms with van der Waals surface area (Å²) in [5.74, 6) is -1.44. The van der Waals surface area contributed by atoms with Crippen LogP contribution < -0.4 is 10.1 Å². The number of hydrogen-bond donors (Lipinski definition) is 2. The van der Waals surface area contributed by atoms with Gasteiger partial charge in [-0.15, -0.1) is 0 Å². The quantitative estimate of drug-likeness (QED) is 0.719. The zero-order valence-corrected chi connectivity index (χ0v) is 12.0. The Hall–Kier alpha value is -2.26. The number of nitrogens with zero attached hydrogens (tertiary/aromatic N) is 2. The van der Waals surface area contributed by atoms with Gasteiger partial charge in [-0.25, -0.2) is 14.8 Å². The van der Waals surface area contributed by atoms with Gasteiger partial charge in [-0.2, -0.15) is 0 Å². The molecule has 2 rings (SSSR count). The number of hydrogen-bond acceptors (Lipinski definition) is 7. The van der Waals surface area contributed by atoms with Crippen LogP contribution in [0.5, 0.6) is 6.01 Å². The number of rotatable bonds is 6. The second kappa shape index (κ2) is 7.66. The first-order chi connectivity index (χ1) is 10.6. The lowest BCUT2D eigenvalue weighted by atomic mass is 10.1. The summed E-state index contributed by atoms with van der Waals surface area (Å²) < 4.78 is 15.4. The fourth-order valence-electron chi connectivity index (χ4n) is 2.02. The second-order valence-corrected chi connectivity index (χ2v) is 4.65. The lowest BCUT2D eigenvalue weighted by Gasteiger charge is -2.31. The molecular weight excluding hydrogens is 294 g/mol. The Labute approximate surface area is 126 Å². The summed E-state index contributed by atoms with van der Waals surface area (Å²) in [6, 6.07) is -0.261. The minimum atomic E-state index is -1.06. The maximum Gasteiger partial charge on any atom is 0.329 e. The second-order valence-electron chi connectivity index (χ2n) is 4.65. The number of nitrogens with one attached hydrogen (secondary N) is 1. The highest BCUT2D eigenvalue weighted by atomic mass is 16.5. The zero-order valence-electron chi connectivity index (χ0n) is 12.0. The van der Waals surface area contributed by atoms with E-state index in [4.69, 9.17) is 19.3 Å². The molecular formula is C13H17N3O6. The van der Waals surface area contributed by atoms with Crippen molar-refractivity contribution in [2.75, 3.05) is 26.9 Å². The van der Waals surface area contributed by atoms with Crippen molar-refractivity contribution in [1.82, 2.24) is 15.3 Å². The number of carbonyl (C=O) groups excluding carboxylic acids is 1. The smallest absolute Gasteiger partial charge is 0.329 e. The van der Waals surface area contributed by atoms with Crippen LogP contribution >= 0.6 is 0 Å². The van der Waals surface area contributed by atoms with E-state index in [1.807, 2.05) is 0 Å². The summed E-state index contributed by atoms with van der Waals surface area (Å²) in [6.45, 7) is 0.304. The highest BCUT2D eigenvalue weighted by Gasteiger charge is 2.29. The van der Waals surface area contributed by atoms with Gasteiger partial charge in [-0.3, -0.25) is 4.79 Å². The molecule has 120 valence electrons. The summed E-state index contributed by atoms with van der Waals surface area (Å²) in [6.07, 6.45) is 2.79. The molecule has 1 aliphatic rings. The Morgan fingerprint density at radius 1 is 1.45 bits per heavy atom. The molecule has 1 aromatic rings. The minimum absolute atomic E-state index is 0.167. The highest BCUT2D eigenvalue weighted by Crippen LogP contribution is 2.13. The Kier molecular flexibility index (Phi) is 5.61. The third-order valence-corrected chi connectivity index (χ3v) is 3.10. The highest BCUT2D eigenvalue weighted by molar-refractivity contribution is 5.93.